The molecule has 7 nitrogen and oxygen atoms in total. The van der Waals surface area contributed by atoms with Crippen LogP contribution in [0.3, 0.4) is 0 Å². The number of fused-ring (bicyclic) bond motifs is 1. The van der Waals surface area contributed by atoms with Gasteiger partial charge in [0.25, 0.3) is 5.69 Å². The van der Waals surface area contributed by atoms with Crippen molar-refractivity contribution >= 4 is 22.6 Å². The number of aromatic nitrogens is 1. The first-order chi connectivity index (χ1) is 10.0. The number of alkyl halides is 1. The molecule has 0 aliphatic carbocycles. The minimum Gasteiger partial charge on any atom is -0.461 e. The van der Waals surface area contributed by atoms with Crippen molar-refractivity contribution in [3.8, 4) is 5.75 Å². The molecule has 110 valence electrons. The summed E-state index contributed by atoms with van der Waals surface area (Å²) < 4.78 is 22.9. The van der Waals surface area contributed by atoms with Gasteiger partial charge in [-0.3, -0.25) is 15.1 Å². The average molecular weight is 294 g/mol. The third kappa shape index (κ3) is 3.04. The third-order valence-corrected chi connectivity index (χ3v) is 2.61. The maximum atomic E-state index is 13.6. The van der Waals surface area contributed by atoms with Gasteiger partial charge in [0.05, 0.1) is 16.9 Å². The molecule has 0 aliphatic heterocycles. The Balaban J connectivity index is 2.40. The van der Waals surface area contributed by atoms with Crippen LogP contribution in [0, 0.1) is 10.1 Å². The van der Waals surface area contributed by atoms with Gasteiger partial charge in [-0.25, -0.2) is 4.79 Å². The molecule has 1 aromatic heterocycles. The fourth-order valence-electron chi connectivity index (χ4n) is 1.75. The van der Waals surface area contributed by atoms with E-state index in [0.29, 0.717) is 0 Å². The Morgan fingerprint density at radius 1 is 1.48 bits per heavy atom. The second-order valence-electron chi connectivity index (χ2n) is 3.93. The summed E-state index contributed by atoms with van der Waals surface area (Å²) in [5.41, 5.74) is -0.0874. The van der Waals surface area contributed by atoms with Gasteiger partial charge in [-0.15, -0.1) is 0 Å². The molecule has 0 bridgehead atoms. The minimum atomic E-state index is -2.32. The highest BCUT2D eigenvalue weighted by atomic mass is 19.1. The largest absolute Gasteiger partial charge is 0.461 e. The number of nitrogens with zero attached hydrogens (tertiary/aromatic N) is 2. The van der Waals surface area contributed by atoms with Crippen LogP contribution in [0.5, 0.6) is 5.75 Å². The zero-order chi connectivity index (χ0) is 15.4. The smallest absolute Gasteiger partial charge is 0.381 e. The first-order valence-electron chi connectivity index (χ1n) is 6.04. The molecule has 0 spiro atoms. The number of non-ortho nitro benzene ring substituents is 1. The van der Waals surface area contributed by atoms with Gasteiger partial charge >= 0.3 is 12.3 Å². The standard InChI is InChI=1S/C13H11FN2O5/c1-2-20-13(17)12(14)21-10-6-5-9(16(18)19)8-4-3-7-15-11(8)10/h3-7,12H,2H2,1H3. The highest BCUT2D eigenvalue weighted by Crippen LogP contribution is 2.31. The van der Waals surface area contributed by atoms with E-state index in [2.05, 4.69) is 9.72 Å². The Kier molecular flexibility index (Phi) is 4.27. The summed E-state index contributed by atoms with van der Waals surface area (Å²) in [5, 5.41) is 11.1. The molecule has 1 unspecified atom stereocenters. The van der Waals surface area contributed by atoms with Crippen LogP contribution in [-0.4, -0.2) is 28.8 Å². The van der Waals surface area contributed by atoms with Crippen LogP contribution in [0.1, 0.15) is 6.92 Å². The Hall–Kier alpha value is -2.77. The molecule has 0 saturated carbocycles. The molecule has 0 aliphatic rings. The summed E-state index contributed by atoms with van der Waals surface area (Å²) in [6.45, 7) is 1.55. The topological polar surface area (TPSA) is 91.6 Å². The molecule has 1 aromatic carbocycles. The normalized spacial score (nSPS) is 11.9. The van der Waals surface area contributed by atoms with Crippen LogP contribution in [0.25, 0.3) is 10.9 Å². The number of nitro benzene ring substituents is 1. The lowest BCUT2D eigenvalue weighted by atomic mass is 10.1. The van der Waals surface area contributed by atoms with Crippen molar-refractivity contribution < 1.29 is 23.6 Å². The maximum Gasteiger partial charge on any atom is 0.381 e. The highest BCUT2D eigenvalue weighted by Gasteiger charge is 2.23. The molecule has 21 heavy (non-hydrogen) atoms. The van der Waals surface area contributed by atoms with Crippen LogP contribution < -0.4 is 4.74 Å². The molecular weight excluding hydrogens is 283 g/mol. The predicted molar refractivity (Wildman–Crippen MR) is 70.6 cm³/mol. The number of rotatable bonds is 5. The van der Waals surface area contributed by atoms with Crippen molar-refractivity contribution in [1.29, 1.82) is 0 Å². The Morgan fingerprint density at radius 3 is 2.90 bits per heavy atom. The zero-order valence-corrected chi connectivity index (χ0v) is 11.0. The van der Waals surface area contributed by atoms with Gasteiger partial charge < -0.3 is 9.47 Å². The summed E-state index contributed by atoms with van der Waals surface area (Å²) in [7, 11) is 0. The predicted octanol–water partition coefficient (Wildman–Crippen LogP) is 2.38. The van der Waals surface area contributed by atoms with Gasteiger partial charge in [0.2, 0.25) is 0 Å². The number of halogens is 1. The third-order valence-electron chi connectivity index (χ3n) is 2.61. The molecule has 0 N–H and O–H groups in total. The van der Waals surface area contributed by atoms with E-state index in [-0.39, 0.29) is 28.9 Å². The maximum absolute atomic E-state index is 13.6. The molecule has 1 heterocycles. The summed E-state index contributed by atoms with van der Waals surface area (Å²) in [5.74, 6) is -1.24. The van der Waals surface area contributed by atoms with E-state index in [9.17, 15) is 19.3 Å². The van der Waals surface area contributed by atoms with Gasteiger partial charge in [0.15, 0.2) is 5.75 Å². The monoisotopic (exact) mass is 294 g/mol. The van der Waals surface area contributed by atoms with Crippen molar-refractivity contribution in [3.63, 3.8) is 0 Å². The van der Waals surface area contributed by atoms with E-state index in [1.54, 1.807) is 0 Å². The van der Waals surface area contributed by atoms with Crippen molar-refractivity contribution in [2.75, 3.05) is 6.61 Å². The van der Waals surface area contributed by atoms with Crippen molar-refractivity contribution in [1.82, 2.24) is 4.98 Å². The van der Waals surface area contributed by atoms with Crippen molar-refractivity contribution in [2.45, 2.75) is 13.3 Å². The van der Waals surface area contributed by atoms with Gasteiger partial charge in [0, 0.05) is 12.3 Å². The van der Waals surface area contributed by atoms with E-state index < -0.39 is 17.3 Å². The second kappa shape index (κ2) is 6.12. The van der Waals surface area contributed by atoms with Crippen molar-refractivity contribution in [2.24, 2.45) is 0 Å². The van der Waals surface area contributed by atoms with Gasteiger partial charge in [-0.2, -0.15) is 4.39 Å². The minimum absolute atomic E-state index is 0.0157. The lowest BCUT2D eigenvalue weighted by Crippen LogP contribution is -2.24. The number of hydrogen-bond acceptors (Lipinski definition) is 6. The molecule has 0 amide bonds. The number of esters is 1. The molecule has 8 heteroatoms. The summed E-state index contributed by atoms with van der Waals surface area (Å²) in [6, 6.07) is 5.33. The van der Waals surface area contributed by atoms with Gasteiger partial charge in [0.1, 0.15) is 5.52 Å². The van der Waals surface area contributed by atoms with Crippen molar-refractivity contribution in [3.05, 3.63) is 40.6 Å². The molecular formula is C13H11FN2O5. The lowest BCUT2D eigenvalue weighted by molar-refractivity contribution is -0.383. The van der Waals surface area contributed by atoms with E-state index in [1.807, 2.05) is 0 Å². The quantitative estimate of drug-likeness (QED) is 0.477. The molecule has 0 radical (unpaired) electrons. The zero-order valence-electron chi connectivity index (χ0n) is 11.0. The van der Waals surface area contributed by atoms with Crippen LogP contribution in [0.15, 0.2) is 30.5 Å². The SMILES string of the molecule is CCOC(=O)C(F)Oc1ccc([N+](=O)[O-])c2cccnc12. The van der Waals surface area contributed by atoms with Gasteiger partial charge in [-0.1, -0.05) is 0 Å². The average Bonchev–Trinajstić information content (AvgIpc) is 2.47. The van der Waals surface area contributed by atoms with Crippen LogP contribution in [-0.2, 0) is 9.53 Å². The Bertz CT molecular complexity index is 691. The number of carbonyl (C=O) groups is 1. The van der Waals surface area contributed by atoms with E-state index in [1.165, 1.54) is 31.3 Å². The second-order valence-corrected chi connectivity index (χ2v) is 3.93. The number of ether oxygens (including phenoxy) is 2. The van der Waals surface area contributed by atoms with Gasteiger partial charge in [-0.05, 0) is 25.1 Å². The summed E-state index contributed by atoms with van der Waals surface area (Å²) in [4.78, 5) is 25.5. The van der Waals surface area contributed by atoms with E-state index in [0.717, 1.165) is 6.07 Å². The first kappa shape index (κ1) is 14.6. The molecule has 0 saturated heterocycles. The van der Waals surface area contributed by atoms with E-state index in [4.69, 9.17) is 4.74 Å². The summed E-state index contributed by atoms with van der Waals surface area (Å²) >= 11 is 0. The Labute approximate surface area is 118 Å². The number of pyridine rings is 1. The molecule has 1 atom stereocenters. The fraction of sp³-hybridized carbons (Fsp3) is 0.231. The summed E-state index contributed by atoms with van der Waals surface area (Å²) in [6.07, 6.45) is -0.937. The molecule has 2 aromatic rings. The molecule has 2 rings (SSSR count). The number of hydrogen-bond donors (Lipinski definition) is 0. The molecule has 0 fully saturated rings. The first-order valence-corrected chi connectivity index (χ1v) is 6.04. The Morgan fingerprint density at radius 2 is 2.24 bits per heavy atom. The number of benzene rings is 1. The number of nitro groups is 1. The van der Waals surface area contributed by atoms with Crippen LogP contribution in [0.2, 0.25) is 0 Å². The van der Waals surface area contributed by atoms with Crippen LogP contribution in [0.4, 0.5) is 10.1 Å². The fourth-order valence-corrected chi connectivity index (χ4v) is 1.75. The highest BCUT2D eigenvalue weighted by molar-refractivity contribution is 5.92. The number of carbonyl (C=O) groups excluding carboxylic acids is 1. The van der Waals surface area contributed by atoms with Crippen LogP contribution >= 0.6 is 0 Å². The lowest BCUT2D eigenvalue weighted by Gasteiger charge is -2.11. The van der Waals surface area contributed by atoms with E-state index >= 15 is 0 Å².